The van der Waals surface area contributed by atoms with Crippen LogP contribution in [0.15, 0.2) is 46.9 Å². The third-order valence-electron chi connectivity index (χ3n) is 4.76. The van der Waals surface area contributed by atoms with Crippen molar-refractivity contribution in [2.75, 3.05) is 25.0 Å². The largest absolute Gasteiger partial charge is 0.455 e. The predicted octanol–water partition coefficient (Wildman–Crippen LogP) is 4.28. The molecule has 0 aromatic heterocycles. The molecule has 6 nitrogen and oxygen atoms in total. The molecule has 9 heteroatoms. The van der Waals surface area contributed by atoms with Crippen LogP contribution in [-0.2, 0) is 14.3 Å². The van der Waals surface area contributed by atoms with Crippen LogP contribution in [0.1, 0.15) is 23.2 Å². The van der Waals surface area contributed by atoms with Crippen molar-refractivity contribution in [2.24, 2.45) is 5.92 Å². The Bertz CT molecular complexity index is 947. The average Bonchev–Trinajstić information content (AvgIpc) is 2.74. The maximum Gasteiger partial charge on any atom is 0.309 e. The topological polar surface area (TPSA) is 75.7 Å². The van der Waals surface area contributed by atoms with E-state index in [9.17, 15) is 18.8 Å². The number of halogens is 3. The number of anilines is 1. The molecule has 1 heterocycles. The fourth-order valence-electron chi connectivity index (χ4n) is 3.12. The van der Waals surface area contributed by atoms with Gasteiger partial charge in [-0.3, -0.25) is 14.4 Å². The summed E-state index contributed by atoms with van der Waals surface area (Å²) in [5.74, 6) is -1.95. The number of piperidine rings is 1. The van der Waals surface area contributed by atoms with Crippen molar-refractivity contribution in [1.29, 1.82) is 0 Å². The van der Waals surface area contributed by atoms with Gasteiger partial charge in [-0.15, -0.1) is 0 Å². The molecule has 0 saturated carbocycles. The lowest BCUT2D eigenvalue weighted by Gasteiger charge is -2.31. The van der Waals surface area contributed by atoms with Crippen molar-refractivity contribution in [3.63, 3.8) is 0 Å². The molecule has 0 unspecified atom stereocenters. The third kappa shape index (κ3) is 5.79. The maximum absolute atomic E-state index is 13.0. The molecule has 3 rings (SSSR count). The van der Waals surface area contributed by atoms with Crippen LogP contribution in [0, 0.1) is 11.7 Å². The summed E-state index contributed by atoms with van der Waals surface area (Å²) in [6.07, 6.45) is 0.873. The molecule has 2 aromatic carbocycles. The Morgan fingerprint density at radius 3 is 2.43 bits per heavy atom. The highest BCUT2D eigenvalue weighted by Gasteiger charge is 2.29. The molecule has 2 aromatic rings. The van der Waals surface area contributed by atoms with Crippen LogP contribution in [0.4, 0.5) is 10.1 Å². The highest BCUT2D eigenvalue weighted by Crippen LogP contribution is 2.25. The van der Waals surface area contributed by atoms with Crippen molar-refractivity contribution in [1.82, 2.24) is 4.90 Å². The Morgan fingerprint density at radius 2 is 1.80 bits per heavy atom. The van der Waals surface area contributed by atoms with Gasteiger partial charge < -0.3 is 15.0 Å². The number of rotatable bonds is 5. The Kier molecular flexibility index (Phi) is 7.44. The summed E-state index contributed by atoms with van der Waals surface area (Å²) < 4.78 is 18.9. The van der Waals surface area contributed by atoms with E-state index in [2.05, 4.69) is 21.2 Å². The molecular weight excluding hydrogens is 479 g/mol. The van der Waals surface area contributed by atoms with E-state index in [0.717, 1.165) is 4.47 Å². The van der Waals surface area contributed by atoms with Gasteiger partial charge in [-0.1, -0.05) is 27.5 Å². The maximum atomic E-state index is 13.0. The summed E-state index contributed by atoms with van der Waals surface area (Å²) in [5.41, 5.74) is 0.828. The van der Waals surface area contributed by atoms with Gasteiger partial charge in [-0.05, 0) is 55.3 Å². The van der Waals surface area contributed by atoms with Crippen LogP contribution in [0.3, 0.4) is 0 Å². The van der Waals surface area contributed by atoms with E-state index in [1.807, 2.05) is 0 Å². The number of benzene rings is 2. The average molecular weight is 498 g/mol. The van der Waals surface area contributed by atoms with Crippen LogP contribution < -0.4 is 5.32 Å². The van der Waals surface area contributed by atoms with E-state index >= 15 is 0 Å². The van der Waals surface area contributed by atoms with Crippen LogP contribution in [-0.4, -0.2) is 42.4 Å². The summed E-state index contributed by atoms with van der Waals surface area (Å²) >= 11 is 9.33. The Balaban J connectivity index is 1.44. The van der Waals surface area contributed by atoms with Crippen molar-refractivity contribution >= 4 is 51.0 Å². The molecule has 1 aliphatic heterocycles. The Labute approximate surface area is 186 Å². The number of hydrogen-bond acceptors (Lipinski definition) is 4. The van der Waals surface area contributed by atoms with E-state index < -0.39 is 24.3 Å². The monoisotopic (exact) mass is 496 g/mol. The number of hydrogen-bond donors (Lipinski definition) is 1. The van der Waals surface area contributed by atoms with Gasteiger partial charge in [0.05, 0.1) is 16.6 Å². The first-order valence-electron chi connectivity index (χ1n) is 9.30. The first-order valence-corrected chi connectivity index (χ1v) is 10.5. The number of carbonyl (C=O) groups excluding carboxylic acids is 3. The van der Waals surface area contributed by atoms with Crippen LogP contribution in [0.2, 0.25) is 5.02 Å². The second-order valence-corrected chi connectivity index (χ2v) is 8.18. The zero-order chi connectivity index (χ0) is 21.7. The fraction of sp³-hybridized carbons (Fsp3) is 0.286. The molecule has 0 spiro atoms. The van der Waals surface area contributed by atoms with E-state index in [-0.39, 0.29) is 11.8 Å². The quantitative estimate of drug-likeness (QED) is 0.626. The first kappa shape index (κ1) is 22.2. The minimum atomic E-state index is -0.489. The summed E-state index contributed by atoms with van der Waals surface area (Å²) in [5, 5.41) is 2.95. The van der Waals surface area contributed by atoms with E-state index in [1.165, 1.54) is 24.3 Å². The zero-order valence-electron chi connectivity index (χ0n) is 15.9. The molecule has 0 atom stereocenters. The fourth-order valence-corrected chi connectivity index (χ4v) is 3.85. The van der Waals surface area contributed by atoms with E-state index in [0.29, 0.717) is 42.2 Å². The molecule has 1 aliphatic rings. The molecule has 1 fully saturated rings. The van der Waals surface area contributed by atoms with Crippen molar-refractivity contribution in [3.05, 3.63) is 63.3 Å². The SMILES string of the molecule is O=C(COC(=O)C1CCN(C(=O)c2ccc(F)cc2)CC1)Nc1ccc(Br)cc1Cl. The summed E-state index contributed by atoms with van der Waals surface area (Å²) in [6, 6.07) is 10.4. The highest BCUT2D eigenvalue weighted by molar-refractivity contribution is 9.10. The number of esters is 1. The van der Waals surface area contributed by atoms with Gasteiger partial charge in [0.1, 0.15) is 5.82 Å². The summed E-state index contributed by atoms with van der Waals surface area (Å²) in [6.45, 7) is 0.354. The molecule has 158 valence electrons. The standard InChI is InChI=1S/C21H19BrClFN2O4/c22-15-3-6-18(17(23)11-15)25-19(27)12-30-21(29)14-7-9-26(10-8-14)20(28)13-1-4-16(24)5-2-13/h1-6,11,14H,7-10,12H2,(H,25,27). The van der Waals surface area contributed by atoms with Crippen LogP contribution >= 0.6 is 27.5 Å². The second-order valence-electron chi connectivity index (χ2n) is 6.85. The molecule has 0 radical (unpaired) electrons. The molecule has 1 N–H and O–H groups in total. The molecule has 2 amide bonds. The van der Waals surface area contributed by atoms with Crippen molar-refractivity contribution < 1.29 is 23.5 Å². The van der Waals surface area contributed by atoms with Gasteiger partial charge in [0.2, 0.25) is 0 Å². The zero-order valence-corrected chi connectivity index (χ0v) is 18.2. The Hall–Kier alpha value is -2.45. The van der Waals surface area contributed by atoms with E-state index in [1.54, 1.807) is 23.1 Å². The van der Waals surface area contributed by atoms with Gasteiger partial charge in [-0.25, -0.2) is 4.39 Å². The number of ether oxygens (including phenoxy) is 1. The van der Waals surface area contributed by atoms with Crippen molar-refractivity contribution in [3.8, 4) is 0 Å². The second kappa shape index (κ2) is 10.0. The Morgan fingerprint density at radius 1 is 1.13 bits per heavy atom. The molecule has 30 heavy (non-hydrogen) atoms. The molecule has 0 bridgehead atoms. The number of likely N-dealkylation sites (tertiary alicyclic amines) is 1. The predicted molar refractivity (Wildman–Crippen MR) is 114 cm³/mol. The van der Waals surface area contributed by atoms with Crippen LogP contribution in [0.25, 0.3) is 0 Å². The lowest BCUT2D eigenvalue weighted by atomic mass is 9.96. The minimum Gasteiger partial charge on any atom is -0.455 e. The van der Waals surface area contributed by atoms with Gasteiger partial charge in [0.15, 0.2) is 6.61 Å². The highest BCUT2D eigenvalue weighted by atomic mass is 79.9. The van der Waals surface area contributed by atoms with Crippen molar-refractivity contribution in [2.45, 2.75) is 12.8 Å². The molecule has 1 saturated heterocycles. The molecular formula is C21H19BrClFN2O4. The smallest absolute Gasteiger partial charge is 0.309 e. The van der Waals surface area contributed by atoms with Gasteiger partial charge >= 0.3 is 5.97 Å². The van der Waals surface area contributed by atoms with Gasteiger partial charge in [0.25, 0.3) is 11.8 Å². The summed E-state index contributed by atoms with van der Waals surface area (Å²) in [7, 11) is 0. The van der Waals surface area contributed by atoms with Gasteiger partial charge in [-0.2, -0.15) is 0 Å². The lowest BCUT2D eigenvalue weighted by molar-refractivity contribution is -0.152. The van der Waals surface area contributed by atoms with E-state index in [4.69, 9.17) is 16.3 Å². The first-order chi connectivity index (χ1) is 14.3. The number of nitrogens with one attached hydrogen (secondary N) is 1. The summed E-state index contributed by atoms with van der Waals surface area (Å²) in [4.78, 5) is 38.4. The number of carbonyl (C=O) groups is 3. The number of amides is 2. The van der Waals surface area contributed by atoms with Gasteiger partial charge in [0, 0.05) is 23.1 Å². The number of nitrogens with zero attached hydrogens (tertiary/aromatic N) is 1. The third-order valence-corrected chi connectivity index (χ3v) is 5.56. The normalized spacial score (nSPS) is 14.3. The van der Waals surface area contributed by atoms with Crippen LogP contribution in [0.5, 0.6) is 0 Å². The molecule has 0 aliphatic carbocycles. The lowest BCUT2D eigenvalue weighted by Crippen LogP contribution is -2.41. The minimum absolute atomic E-state index is 0.201.